The monoisotopic (exact) mass is 277 g/mol. The van der Waals surface area contributed by atoms with Gasteiger partial charge in [-0.2, -0.15) is 10.1 Å². The minimum absolute atomic E-state index is 0.143. The van der Waals surface area contributed by atoms with Crippen LogP contribution in [0.15, 0.2) is 12.4 Å². The largest absolute Gasteiger partial charge is 0.354 e. The molecule has 0 spiro atoms. The Morgan fingerprint density at radius 1 is 1.45 bits per heavy atom. The molecule has 0 amide bonds. The van der Waals surface area contributed by atoms with Crippen molar-refractivity contribution in [3.05, 3.63) is 28.2 Å². The predicted octanol–water partition coefficient (Wildman–Crippen LogP) is 1.60. The molecular weight excluding hydrogens is 262 g/mol. The zero-order chi connectivity index (χ0) is 14.7. The van der Waals surface area contributed by atoms with E-state index in [2.05, 4.69) is 25.7 Å². The van der Waals surface area contributed by atoms with Crippen LogP contribution in [0.5, 0.6) is 0 Å². The molecular formula is C11H15N7O2. The molecule has 0 aromatic carbocycles. The molecule has 9 nitrogen and oxygen atoms in total. The number of anilines is 3. The Morgan fingerprint density at radius 3 is 2.75 bits per heavy atom. The fraction of sp³-hybridized carbons (Fsp3) is 0.364. The molecule has 2 aromatic heterocycles. The Morgan fingerprint density at radius 2 is 2.20 bits per heavy atom. The standard InChI is InChI=1S/C11H15N7O2/c1-4-12-11-14-7(2)9(18(19)20)10(16-11)15-8-5-13-17(3)6-8/h5-6H,4H2,1-3H3,(H2,12,14,15,16). The second kappa shape index (κ2) is 5.51. The number of nitrogens with zero attached hydrogens (tertiary/aromatic N) is 5. The maximum Gasteiger partial charge on any atom is 0.332 e. The third-order valence-electron chi connectivity index (χ3n) is 2.54. The van der Waals surface area contributed by atoms with E-state index in [1.807, 2.05) is 6.92 Å². The van der Waals surface area contributed by atoms with Gasteiger partial charge >= 0.3 is 5.69 Å². The molecule has 0 radical (unpaired) electrons. The average Bonchev–Trinajstić information content (AvgIpc) is 2.74. The van der Waals surface area contributed by atoms with E-state index in [9.17, 15) is 10.1 Å². The van der Waals surface area contributed by atoms with E-state index < -0.39 is 4.92 Å². The van der Waals surface area contributed by atoms with Gasteiger partial charge in [0.25, 0.3) is 0 Å². The molecule has 106 valence electrons. The van der Waals surface area contributed by atoms with Crippen molar-refractivity contribution >= 4 is 23.1 Å². The molecule has 0 unspecified atom stereocenters. The molecule has 0 saturated carbocycles. The average molecular weight is 277 g/mol. The van der Waals surface area contributed by atoms with Crippen LogP contribution < -0.4 is 10.6 Å². The summed E-state index contributed by atoms with van der Waals surface area (Å²) in [7, 11) is 1.76. The van der Waals surface area contributed by atoms with Crippen LogP contribution in [-0.4, -0.2) is 31.2 Å². The molecule has 2 heterocycles. The van der Waals surface area contributed by atoms with E-state index in [1.54, 1.807) is 31.0 Å². The number of aromatic nitrogens is 4. The van der Waals surface area contributed by atoms with Crippen molar-refractivity contribution in [3.63, 3.8) is 0 Å². The van der Waals surface area contributed by atoms with Gasteiger partial charge in [0.1, 0.15) is 5.69 Å². The maximum atomic E-state index is 11.2. The lowest BCUT2D eigenvalue weighted by atomic mass is 10.3. The summed E-state index contributed by atoms with van der Waals surface area (Å²) in [5.41, 5.74) is 0.777. The van der Waals surface area contributed by atoms with Crippen LogP contribution in [0.25, 0.3) is 0 Å². The van der Waals surface area contributed by atoms with Gasteiger partial charge in [-0.25, -0.2) is 4.98 Å². The number of aryl methyl sites for hydroxylation is 2. The fourth-order valence-corrected chi connectivity index (χ4v) is 1.73. The number of hydrogen-bond acceptors (Lipinski definition) is 7. The van der Waals surface area contributed by atoms with Crippen molar-refractivity contribution in [3.8, 4) is 0 Å². The van der Waals surface area contributed by atoms with E-state index in [4.69, 9.17) is 0 Å². The maximum absolute atomic E-state index is 11.2. The SMILES string of the molecule is CCNc1nc(C)c([N+](=O)[O-])c(Nc2cnn(C)c2)n1. The first kappa shape index (κ1) is 13.7. The highest BCUT2D eigenvalue weighted by Gasteiger charge is 2.22. The lowest BCUT2D eigenvalue weighted by molar-refractivity contribution is -0.385. The Balaban J connectivity index is 2.44. The van der Waals surface area contributed by atoms with E-state index in [-0.39, 0.29) is 11.5 Å². The summed E-state index contributed by atoms with van der Waals surface area (Å²) < 4.78 is 1.59. The second-order valence-corrected chi connectivity index (χ2v) is 4.14. The van der Waals surface area contributed by atoms with Gasteiger partial charge in [0, 0.05) is 19.8 Å². The van der Waals surface area contributed by atoms with Crippen LogP contribution in [0.1, 0.15) is 12.6 Å². The lowest BCUT2D eigenvalue weighted by Crippen LogP contribution is -2.09. The van der Waals surface area contributed by atoms with Crippen LogP contribution in [0.4, 0.5) is 23.1 Å². The third-order valence-corrected chi connectivity index (χ3v) is 2.54. The van der Waals surface area contributed by atoms with Crippen molar-refractivity contribution in [2.75, 3.05) is 17.2 Å². The first-order valence-corrected chi connectivity index (χ1v) is 6.03. The molecule has 0 bridgehead atoms. The van der Waals surface area contributed by atoms with Gasteiger partial charge < -0.3 is 10.6 Å². The molecule has 0 saturated heterocycles. The topological polar surface area (TPSA) is 111 Å². The molecule has 0 aliphatic carbocycles. The van der Waals surface area contributed by atoms with Crippen molar-refractivity contribution in [2.45, 2.75) is 13.8 Å². The fourth-order valence-electron chi connectivity index (χ4n) is 1.73. The molecule has 9 heteroatoms. The van der Waals surface area contributed by atoms with Crippen molar-refractivity contribution in [2.24, 2.45) is 7.05 Å². The molecule has 0 aliphatic rings. The number of nitro groups is 1. The molecule has 0 atom stereocenters. The summed E-state index contributed by atoms with van der Waals surface area (Å²) in [6.07, 6.45) is 3.27. The summed E-state index contributed by atoms with van der Waals surface area (Å²) in [6, 6.07) is 0. The zero-order valence-electron chi connectivity index (χ0n) is 11.4. The zero-order valence-corrected chi connectivity index (χ0v) is 11.4. The van der Waals surface area contributed by atoms with Crippen molar-refractivity contribution in [1.82, 2.24) is 19.7 Å². The lowest BCUT2D eigenvalue weighted by Gasteiger charge is -2.08. The van der Waals surface area contributed by atoms with Crippen molar-refractivity contribution < 1.29 is 4.92 Å². The minimum atomic E-state index is -0.496. The molecule has 2 N–H and O–H groups in total. The summed E-state index contributed by atoms with van der Waals surface area (Å²) in [6.45, 7) is 4.10. The molecule has 20 heavy (non-hydrogen) atoms. The Kier molecular flexibility index (Phi) is 3.78. The van der Waals surface area contributed by atoms with E-state index in [0.717, 1.165) is 0 Å². The van der Waals surface area contributed by atoms with E-state index >= 15 is 0 Å². The van der Waals surface area contributed by atoms with Crippen LogP contribution in [0.3, 0.4) is 0 Å². The number of hydrogen-bond donors (Lipinski definition) is 2. The molecule has 2 aromatic rings. The molecule has 0 aliphatic heterocycles. The molecule has 2 rings (SSSR count). The van der Waals surface area contributed by atoms with Gasteiger partial charge in [0.15, 0.2) is 0 Å². The quantitative estimate of drug-likeness (QED) is 0.630. The summed E-state index contributed by atoms with van der Waals surface area (Å²) in [5.74, 6) is 0.494. The summed E-state index contributed by atoms with van der Waals surface area (Å²) >= 11 is 0. The van der Waals surface area contributed by atoms with Crippen LogP contribution in [-0.2, 0) is 7.05 Å². The number of rotatable bonds is 5. The Labute approximate surface area is 115 Å². The first-order valence-electron chi connectivity index (χ1n) is 6.03. The second-order valence-electron chi connectivity index (χ2n) is 4.14. The smallest absolute Gasteiger partial charge is 0.332 e. The van der Waals surface area contributed by atoms with Crippen molar-refractivity contribution in [1.29, 1.82) is 0 Å². The highest BCUT2D eigenvalue weighted by molar-refractivity contribution is 5.67. The predicted molar refractivity (Wildman–Crippen MR) is 74.1 cm³/mol. The van der Waals surface area contributed by atoms with Gasteiger partial charge in [-0.15, -0.1) is 0 Å². The Bertz CT molecular complexity index is 638. The van der Waals surface area contributed by atoms with Gasteiger partial charge in [-0.3, -0.25) is 14.8 Å². The summed E-state index contributed by atoms with van der Waals surface area (Å²) in [4.78, 5) is 18.9. The normalized spacial score (nSPS) is 10.3. The van der Waals surface area contributed by atoms with Crippen LogP contribution >= 0.6 is 0 Å². The van der Waals surface area contributed by atoms with Gasteiger partial charge in [-0.1, -0.05) is 0 Å². The van der Waals surface area contributed by atoms with Gasteiger partial charge in [0.2, 0.25) is 11.8 Å². The Hall–Kier alpha value is -2.71. The van der Waals surface area contributed by atoms with E-state index in [0.29, 0.717) is 23.9 Å². The van der Waals surface area contributed by atoms with Gasteiger partial charge in [0.05, 0.1) is 16.8 Å². The van der Waals surface area contributed by atoms with E-state index in [1.165, 1.54) is 0 Å². The summed E-state index contributed by atoms with van der Waals surface area (Å²) in [5, 5.41) is 21.0. The highest BCUT2D eigenvalue weighted by Crippen LogP contribution is 2.28. The highest BCUT2D eigenvalue weighted by atomic mass is 16.6. The first-order chi connectivity index (χ1) is 9.51. The van der Waals surface area contributed by atoms with Gasteiger partial charge in [-0.05, 0) is 13.8 Å². The number of nitrogens with one attached hydrogen (secondary N) is 2. The minimum Gasteiger partial charge on any atom is -0.354 e. The third kappa shape index (κ3) is 2.82. The molecule has 0 fully saturated rings. The van der Waals surface area contributed by atoms with Crippen LogP contribution in [0.2, 0.25) is 0 Å². The van der Waals surface area contributed by atoms with Crippen LogP contribution in [0, 0.1) is 17.0 Å².